The number of carbonyl (C=O) groups excluding carboxylic acids is 2. The van der Waals surface area contributed by atoms with Gasteiger partial charge in [0, 0.05) is 12.8 Å². The van der Waals surface area contributed by atoms with E-state index in [4.69, 9.17) is 9.47 Å². The molecule has 0 saturated heterocycles. The lowest BCUT2D eigenvalue weighted by Gasteiger charge is -2.20. The second-order valence-electron chi connectivity index (χ2n) is 4.90. The van der Waals surface area contributed by atoms with Gasteiger partial charge in [-0.2, -0.15) is 0 Å². The maximum Gasteiger partial charge on any atom is 0.306 e. The topological polar surface area (TPSA) is 52.6 Å². The van der Waals surface area contributed by atoms with Gasteiger partial charge in [0.15, 0.2) is 0 Å². The lowest BCUT2D eigenvalue weighted by atomic mass is 10.0. The van der Waals surface area contributed by atoms with Crippen LogP contribution in [-0.2, 0) is 19.1 Å². The number of rotatable bonds is 5. The first-order chi connectivity index (χ1) is 7.24. The fraction of sp³-hybridized carbons (Fsp3) is 0.833. The van der Waals surface area contributed by atoms with E-state index >= 15 is 0 Å². The summed E-state index contributed by atoms with van der Waals surface area (Å²) in [6.07, 6.45) is 0.503. The standard InChI is InChI=1S/C12H22O4/c1-6-15-10(13)7-9(2)8-11(14)16-12(3,4)5/h9H,6-8H2,1-5H3/t9-/m1/s1. The molecule has 0 radical (unpaired) electrons. The van der Waals surface area contributed by atoms with Gasteiger partial charge in [-0.05, 0) is 33.6 Å². The highest BCUT2D eigenvalue weighted by Gasteiger charge is 2.20. The molecule has 4 nitrogen and oxygen atoms in total. The largest absolute Gasteiger partial charge is 0.466 e. The number of esters is 2. The molecule has 0 aliphatic rings. The molecule has 0 aromatic rings. The molecule has 4 heteroatoms. The fourth-order valence-electron chi connectivity index (χ4n) is 1.24. The smallest absolute Gasteiger partial charge is 0.306 e. The zero-order chi connectivity index (χ0) is 12.8. The SMILES string of the molecule is CCOC(=O)C[C@@H](C)CC(=O)OC(C)(C)C. The lowest BCUT2D eigenvalue weighted by molar-refractivity contribution is -0.156. The van der Waals surface area contributed by atoms with Gasteiger partial charge in [0.05, 0.1) is 6.61 Å². The highest BCUT2D eigenvalue weighted by Crippen LogP contribution is 2.14. The van der Waals surface area contributed by atoms with Crippen LogP contribution in [0.5, 0.6) is 0 Å². The second-order valence-corrected chi connectivity index (χ2v) is 4.90. The molecule has 0 aliphatic carbocycles. The first-order valence-electron chi connectivity index (χ1n) is 5.62. The third-order valence-electron chi connectivity index (χ3n) is 1.76. The van der Waals surface area contributed by atoms with Crippen LogP contribution >= 0.6 is 0 Å². The summed E-state index contributed by atoms with van der Waals surface area (Å²) in [4.78, 5) is 22.6. The number of hydrogen-bond donors (Lipinski definition) is 0. The predicted octanol–water partition coefficient (Wildman–Crippen LogP) is 2.31. The molecule has 16 heavy (non-hydrogen) atoms. The molecule has 0 aromatic carbocycles. The van der Waals surface area contributed by atoms with Gasteiger partial charge in [-0.1, -0.05) is 6.92 Å². The van der Waals surface area contributed by atoms with E-state index in [1.165, 1.54) is 0 Å². The molecular weight excluding hydrogens is 208 g/mol. The van der Waals surface area contributed by atoms with E-state index in [9.17, 15) is 9.59 Å². The van der Waals surface area contributed by atoms with Gasteiger partial charge in [0.1, 0.15) is 5.60 Å². The summed E-state index contributed by atoms with van der Waals surface area (Å²) in [5.74, 6) is -0.586. The third-order valence-corrected chi connectivity index (χ3v) is 1.76. The van der Waals surface area contributed by atoms with Crippen molar-refractivity contribution in [2.45, 2.75) is 53.1 Å². The Morgan fingerprint density at radius 2 is 1.62 bits per heavy atom. The van der Waals surface area contributed by atoms with E-state index in [0.29, 0.717) is 6.61 Å². The number of ether oxygens (including phenoxy) is 2. The molecule has 0 N–H and O–H groups in total. The zero-order valence-electron chi connectivity index (χ0n) is 10.8. The van der Waals surface area contributed by atoms with Crippen LogP contribution in [0.3, 0.4) is 0 Å². The summed E-state index contributed by atoms with van der Waals surface area (Å²) >= 11 is 0. The average molecular weight is 230 g/mol. The van der Waals surface area contributed by atoms with Gasteiger partial charge < -0.3 is 9.47 Å². The maximum atomic E-state index is 11.4. The highest BCUT2D eigenvalue weighted by molar-refractivity contribution is 5.73. The minimum atomic E-state index is -0.471. The van der Waals surface area contributed by atoms with Crippen molar-refractivity contribution in [2.24, 2.45) is 5.92 Å². The van der Waals surface area contributed by atoms with Crippen molar-refractivity contribution in [1.29, 1.82) is 0 Å². The van der Waals surface area contributed by atoms with Gasteiger partial charge in [-0.3, -0.25) is 9.59 Å². The van der Waals surface area contributed by atoms with Crippen LogP contribution < -0.4 is 0 Å². The van der Waals surface area contributed by atoms with Gasteiger partial charge >= 0.3 is 11.9 Å². The van der Waals surface area contributed by atoms with Crippen LogP contribution in [-0.4, -0.2) is 24.1 Å². The molecule has 0 unspecified atom stereocenters. The van der Waals surface area contributed by atoms with E-state index in [-0.39, 0.29) is 30.7 Å². The minimum absolute atomic E-state index is 0.0473. The van der Waals surface area contributed by atoms with Crippen molar-refractivity contribution in [2.75, 3.05) is 6.61 Å². The monoisotopic (exact) mass is 230 g/mol. The predicted molar refractivity (Wildman–Crippen MR) is 60.9 cm³/mol. The zero-order valence-corrected chi connectivity index (χ0v) is 10.8. The van der Waals surface area contributed by atoms with Crippen molar-refractivity contribution in [3.63, 3.8) is 0 Å². The summed E-state index contributed by atoms with van der Waals surface area (Å²) in [6.45, 7) is 9.43. The van der Waals surface area contributed by atoms with E-state index in [1.54, 1.807) is 6.92 Å². The van der Waals surface area contributed by atoms with Gasteiger partial charge in [-0.25, -0.2) is 0 Å². The van der Waals surface area contributed by atoms with Gasteiger partial charge in [-0.15, -0.1) is 0 Å². The Bertz CT molecular complexity index is 240. The van der Waals surface area contributed by atoms with Crippen molar-refractivity contribution < 1.29 is 19.1 Å². The summed E-state index contributed by atoms with van der Waals surface area (Å²) < 4.78 is 9.96. The van der Waals surface area contributed by atoms with Crippen molar-refractivity contribution in [1.82, 2.24) is 0 Å². The van der Waals surface area contributed by atoms with E-state index in [2.05, 4.69) is 0 Å². The molecule has 0 bridgehead atoms. The summed E-state index contributed by atoms with van der Waals surface area (Å²) in [7, 11) is 0. The first kappa shape index (κ1) is 14.9. The van der Waals surface area contributed by atoms with Crippen LogP contribution in [0.1, 0.15) is 47.5 Å². The lowest BCUT2D eigenvalue weighted by Crippen LogP contribution is -2.25. The second kappa shape index (κ2) is 6.51. The first-order valence-corrected chi connectivity index (χ1v) is 5.62. The average Bonchev–Trinajstić information content (AvgIpc) is 1.98. The summed E-state index contributed by atoms with van der Waals surface area (Å²) in [5, 5.41) is 0. The molecule has 0 fully saturated rings. The van der Waals surface area contributed by atoms with E-state index < -0.39 is 5.60 Å². The van der Waals surface area contributed by atoms with Crippen LogP contribution in [0.2, 0.25) is 0 Å². The van der Waals surface area contributed by atoms with Gasteiger partial charge in [0.25, 0.3) is 0 Å². The van der Waals surface area contributed by atoms with Crippen LogP contribution in [0.4, 0.5) is 0 Å². The fourth-order valence-corrected chi connectivity index (χ4v) is 1.24. The highest BCUT2D eigenvalue weighted by atomic mass is 16.6. The third kappa shape index (κ3) is 8.26. The molecule has 1 atom stereocenters. The van der Waals surface area contributed by atoms with Crippen molar-refractivity contribution >= 4 is 11.9 Å². The Labute approximate surface area is 97.3 Å². The molecule has 0 spiro atoms. The molecule has 0 aromatic heterocycles. The van der Waals surface area contributed by atoms with E-state index in [0.717, 1.165) is 0 Å². The van der Waals surface area contributed by atoms with E-state index in [1.807, 2.05) is 27.7 Å². The Morgan fingerprint density at radius 1 is 1.12 bits per heavy atom. The van der Waals surface area contributed by atoms with Crippen LogP contribution in [0, 0.1) is 5.92 Å². The quantitative estimate of drug-likeness (QED) is 0.680. The molecule has 0 aliphatic heterocycles. The molecule has 0 heterocycles. The number of carbonyl (C=O) groups is 2. The Balaban J connectivity index is 3.91. The Kier molecular flexibility index (Phi) is 6.08. The molecule has 0 amide bonds. The summed E-state index contributed by atoms with van der Waals surface area (Å²) in [6, 6.07) is 0. The molecular formula is C12H22O4. The normalized spacial score (nSPS) is 13.1. The molecule has 94 valence electrons. The van der Waals surface area contributed by atoms with Crippen molar-refractivity contribution in [3.05, 3.63) is 0 Å². The maximum absolute atomic E-state index is 11.4. The Hall–Kier alpha value is -1.06. The molecule has 0 rings (SSSR count). The minimum Gasteiger partial charge on any atom is -0.466 e. The van der Waals surface area contributed by atoms with Gasteiger partial charge in [0.2, 0.25) is 0 Å². The van der Waals surface area contributed by atoms with Crippen LogP contribution in [0.25, 0.3) is 0 Å². The number of hydrogen-bond acceptors (Lipinski definition) is 4. The molecule has 0 saturated carbocycles. The van der Waals surface area contributed by atoms with Crippen LogP contribution in [0.15, 0.2) is 0 Å². The Morgan fingerprint density at radius 3 is 2.06 bits per heavy atom. The van der Waals surface area contributed by atoms with Crippen molar-refractivity contribution in [3.8, 4) is 0 Å². The summed E-state index contributed by atoms with van der Waals surface area (Å²) in [5.41, 5.74) is -0.471.